The predicted molar refractivity (Wildman–Crippen MR) is 104 cm³/mol. The summed E-state index contributed by atoms with van der Waals surface area (Å²) in [7, 11) is 0. The number of carbonyl (C=O) groups is 1. The van der Waals surface area contributed by atoms with Gasteiger partial charge in [0.25, 0.3) is 5.91 Å². The second-order valence-corrected chi connectivity index (χ2v) is 6.43. The molecule has 154 valence electrons. The lowest BCUT2D eigenvalue weighted by molar-refractivity contribution is -0.385. The Morgan fingerprint density at radius 1 is 1.00 bits per heavy atom. The molecule has 1 amide bonds. The summed E-state index contributed by atoms with van der Waals surface area (Å²) in [6, 6.07) is 14.0. The van der Waals surface area contributed by atoms with Crippen LogP contribution in [0.25, 0.3) is 0 Å². The fourth-order valence-corrected chi connectivity index (χ4v) is 2.64. The lowest BCUT2D eigenvalue weighted by atomic mass is 10.1. The standard InChI is InChI=1S/C20H12ClF3N2O4/c21-13-6-8-14(9-7-13)25-19(27)15-3-1-2-4-17(15)30-18-10-5-12(20(22,23)24)11-16(18)26(28)29/h1-11H,(H,25,27). The maximum Gasteiger partial charge on any atom is 0.416 e. The smallest absolute Gasteiger partial charge is 0.416 e. The summed E-state index contributed by atoms with van der Waals surface area (Å²) in [6.45, 7) is 0. The number of nitro benzene ring substituents is 1. The minimum atomic E-state index is -4.75. The average Bonchev–Trinajstić information content (AvgIpc) is 2.69. The summed E-state index contributed by atoms with van der Waals surface area (Å²) in [4.78, 5) is 22.9. The van der Waals surface area contributed by atoms with E-state index in [1.807, 2.05) is 0 Å². The van der Waals surface area contributed by atoms with Crippen molar-refractivity contribution in [2.24, 2.45) is 0 Å². The molecular formula is C20H12ClF3N2O4. The van der Waals surface area contributed by atoms with Crippen LogP contribution in [0, 0.1) is 10.1 Å². The van der Waals surface area contributed by atoms with E-state index in [0.29, 0.717) is 22.8 Å². The Kier molecular flexibility index (Phi) is 5.93. The average molecular weight is 437 g/mol. The van der Waals surface area contributed by atoms with Crippen LogP contribution in [0.2, 0.25) is 5.02 Å². The van der Waals surface area contributed by atoms with Crippen molar-refractivity contribution >= 4 is 28.9 Å². The molecule has 0 aliphatic heterocycles. The number of nitrogens with zero attached hydrogens (tertiary/aromatic N) is 1. The quantitative estimate of drug-likeness (QED) is 0.375. The highest BCUT2D eigenvalue weighted by Gasteiger charge is 2.33. The number of nitro groups is 1. The van der Waals surface area contributed by atoms with Crippen molar-refractivity contribution in [3.63, 3.8) is 0 Å². The van der Waals surface area contributed by atoms with E-state index in [1.165, 1.54) is 18.2 Å². The van der Waals surface area contributed by atoms with Gasteiger partial charge >= 0.3 is 11.9 Å². The number of anilines is 1. The molecule has 6 nitrogen and oxygen atoms in total. The highest BCUT2D eigenvalue weighted by Crippen LogP contribution is 2.38. The van der Waals surface area contributed by atoms with Crippen LogP contribution in [-0.4, -0.2) is 10.8 Å². The molecule has 3 rings (SSSR count). The van der Waals surface area contributed by atoms with Gasteiger partial charge in [-0.1, -0.05) is 23.7 Å². The third-order valence-electron chi connectivity index (χ3n) is 3.94. The molecule has 0 fully saturated rings. The topological polar surface area (TPSA) is 81.5 Å². The van der Waals surface area contributed by atoms with Gasteiger partial charge in [0.2, 0.25) is 5.75 Å². The maximum absolute atomic E-state index is 12.9. The number of hydrogen-bond donors (Lipinski definition) is 1. The van der Waals surface area contributed by atoms with Crippen LogP contribution in [-0.2, 0) is 6.18 Å². The molecule has 0 saturated heterocycles. The maximum atomic E-state index is 12.9. The van der Waals surface area contributed by atoms with E-state index >= 15 is 0 Å². The zero-order valence-corrected chi connectivity index (χ0v) is 15.7. The molecule has 0 aliphatic rings. The zero-order valence-electron chi connectivity index (χ0n) is 14.9. The largest absolute Gasteiger partial charge is 0.449 e. The Balaban J connectivity index is 1.92. The summed E-state index contributed by atoms with van der Waals surface area (Å²) in [6.07, 6.45) is -4.75. The van der Waals surface area contributed by atoms with Crippen LogP contribution in [0.1, 0.15) is 15.9 Å². The van der Waals surface area contributed by atoms with Crippen LogP contribution in [0.3, 0.4) is 0 Å². The first kappa shape index (κ1) is 21.1. The number of para-hydroxylation sites is 1. The summed E-state index contributed by atoms with van der Waals surface area (Å²) in [5.74, 6) is -1.07. The molecule has 3 aromatic rings. The van der Waals surface area contributed by atoms with E-state index in [4.69, 9.17) is 16.3 Å². The summed E-state index contributed by atoms with van der Waals surface area (Å²) in [5.41, 5.74) is -1.59. The highest BCUT2D eigenvalue weighted by molar-refractivity contribution is 6.30. The molecule has 0 radical (unpaired) electrons. The van der Waals surface area contributed by atoms with Crippen molar-refractivity contribution in [3.05, 3.63) is 93.0 Å². The highest BCUT2D eigenvalue weighted by atomic mass is 35.5. The fourth-order valence-electron chi connectivity index (χ4n) is 2.52. The van der Waals surface area contributed by atoms with Gasteiger partial charge in [-0.2, -0.15) is 13.2 Å². The van der Waals surface area contributed by atoms with Crippen LogP contribution < -0.4 is 10.1 Å². The van der Waals surface area contributed by atoms with Crippen molar-refractivity contribution in [1.82, 2.24) is 0 Å². The third-order valence-corrected chi connectivity index (χ3v) is 4.19. The molecule has 0 saturated carbocycles. The lowest BCUT2D eigenvalue weighted by Crippen LogP contribution is -2.13. The Hall–Kier alpha value is -3.59. The molecule has 0 bridgehead atoms. The van der Waals surface area contributed by atoms with Gasteiger partial charge in [0.05, 0.1) is 16.1 Å². The van der Waals surface area contributed by atoms with E-state index < -0.39 is 34.0 Å². The molecule has 0 unspecified atom stereocenters. The van der Waals surface area contributed by atoms with E-state index in [2.05, 4.69) is 5.32 Å². The summed E-state index contributed by atoms with van der Waals surface area (Å²) >= 11 is 5.80. The van der Waals surface area contributed by atoms with Gasteiger partial charge in [-0.05, 0) is 48.5 Å². The first-order valence-electron chi connectivity index (χ1n) is 8.34. The molecule has 3 aromatic carbocycles. The zero-order chi connectivity index (χ0) is 21.9. The van der Waals surface area contributed by atoms with Crippen LogP contribution in [0.15, 0.2) is 66.7 Å². The molecular weight excluding hydrogens is 425 g/mol. The Labute approximate surface area is 173 Å². The van der Waals surface area contributed by atoms with Crippen LogP contribution in [0.5, 0.6) is 11.5 Å². The molecule has 0 atom stereocenters. The molecule has 0 aliphatic carbocycles. The molecule has 0 spiro atoms. The normalized spacial score (nSPS) is 11.1. The van der Waals surface area contributed by atoms with Gasteiger partial charge in [-0.3, -0.25) is 14.9 Å². The molecule has 30 heavy (non-hydrogen) atoms. The van der Waals surface area contributed by atoms with Crippen molar-refractivity contribution in [3.8, 4) is 11.5 Å². The first-order chi connectivity index (χ1) is 14.1. The number of benzene rings is 3. The lowest BCUT2D eigenvalue weighted by Gasteiger charge is -2.13. The minimum absolute atomic E-state index is 0.0293. The van der Waals surface area contributed by atoms with Gasteiger partial charge in [0.1, 0.15) is 5.75 Å². The van der Waals surface area contributed by atoms with Crippen molar-refractivity contribution in [1.29, 1.82) is 0 Å². The molecule has 0 aromatic heterocycles. The number of ether oxygens (including phenoxy) is 1. The van der Waals surface area contributed by atoms with E-state index in [1.54, 1.807) is 30.3 Å². The number of amides is 1. The van der Waals surface area contributed by atoms with Crippen LogP contribution in [0.4, 0.5) is 24.5 Å². The van der Waals surface area contributed by atoms with Gasteiger partial charge in [0, 0.05) is 16.8 Å². The van der Waals surface area contributed by atoms with E-state index in [-0.39, 0.29) is 11.3 Å². The molecule has 1 N–H and O–H groups in total. The van der Waals surface area contributed by atoms with Crippen molar-refractivity contribution in [2.75, 3.05) is 5.32 Å². The van der Waals surface area contributed by atoms with E-state index in [0.717, 1.165) is 6.07 Å². The predicted octanol–water partition coefficient (Wildman–Crippen LogP) is 6.31. The second-order valence-electron chi connectivity index (χ2n) is 6.00. The van der Waals surface area contributed by atoms with Crippen LogP contribution >= 0.6 is 11.6 Å². The molecule has 10 heteroatoms. The first-order valence-corrected chi connectivity index (χ1v) is 8.72. The van der Waals surface area contributed by atoms with Crippen molar-refractivity contribution < 1.29 is 27.6 Å². The number of halogens is 4. The van der Waals surface area contributed by atoms with Gasteiger partial charge in [-0.25, -0.2) is 0 Å². The number of nitrogens with one attached hydrogen (secondary N) is 1. The van der Waals surface area contributed by atoms with Gasteiger partial charge in [0.15, 0.2) is 0 Å². The number of rotatable bonds is 5. The van der Waals surface area contributed by atoms with Gasteiger partial charge in [-0.15, -0.1) is 0 Å². The van der Waals surface area contributed by atoms with Crippen molar-refractivity contribution in [2.45, 2.75) is 6.18 Å². The number of alkyl halides is 3. The van der Waals surface area contributed by atoms with Gasteiger partial charge < -0.3 is 10.1 Å². The SMILES string of the molecule is O=C(Nc1ccc(Cl)cc1)c1ccccc1Oc1ccc(C(F)(F)F)cc1[N+](=O)[O-]. The monoisotopic (exact) mass is 436 g/mol. The second kappa shape index (κ2) is 8.42. The summed E-state index contributed by atoms with van der Waals surface area (Å²) in [5, 5.41) is 14.3. The Morgan fingerprint density at radius 2 is 1.67 bits per heavy atom. The number of carbonyl (C=O) groups excluding carboxylic acids is 1. The third kappa shape index (κ3) is 4.87. The summed E-state index contributed by atoms with van der Waals surface area (Å²) < 4.78 is 44.1. The molecule has 0 heterocycles. The Bertz CT molecular complexity index is 1100. The minimum Gasteiger partial charge on any atom is -0.449 e. The Morgan fingerprint density at radius 3 is 2.30 bits per heavy atom. The number of hydrogen-bond acceptors (Lipinski definition) is 4. The van der Waals surface area contributed by atoms with E-state index in [9.17, 15) is 28.1 Å². The fraction of sp³-hybridized carbons (Fsp3) is 0.0500.